The Hall–Kier alpha value is -0.0500. The van der Waals surface area contributed by atoms with Crippen molar-refractivity contribution in [1.29, 1.82) is 0 Å². The highest BCUT2D eigenvalue weighted by molar-refractivity contribution is 8.13. The molecule has 0 fully saturated rings. The zero-order valence-corrected chi connectivity index (χ0v) is 30.3. The maximum Gasteiger partial charge on any atom is 0.327 e. The van der Waals surface area contributed by atoms with Crippen LogP contribution in [0.4, 0.5) is 0 Å². The molecule has 0 atom stereocenters. The van der Waals surface area contributed by atoms with Crippen LogP contribution in [0.3, 0.4) is 0 Å². The Labute approximate surface area is 265 Å². The first-order valence-corrected chi connectivity index (χ1v) is 19.9. The first-order chi connectivity index (χ1) is 19.7. The molecule has 0 bridgehead atoms. The lowest BCUT2D eigenvalue weighted by molar-refractivity contribution is 0.201. The molecule has 0 aliphatic rings. The van der Waals surface area contributed by atoms with Crippen molar-refractivity contribution >= 4 is 42.5 Å². The number of amidine groups is 2. The van der Waals surface area contributed by atoms with Gasteiger partial charge in [0, 0.05) is 13.1 Å². The Kier molecular flexibility index (Phi) is 44.2. The molecule has 248 valence electrons. The summed E-state index contributed by atoms with van der Waals surface area (Å²) in [5.41, 5.74) is 11.2. The van der Waals surface area contributed by atoms with Crippen LogP contribution in [0.25, 0.3) is 0 Å². The smallest absolute Gasteiger partial charge is 0.327 e. The van der Waals surface area contributed by atoms with Crippen molar-refractivity contribution in [2.24, 2.45) is 21.5 Å². The van der Waals surface area contributed by atoms with Crippen LogP contribution in [0.15, 0.2) is 9.98 Å². The molecule has 0 heterocycles. The van der Waals surface area contributed by atoms with E-state index in [1.165, 1.54) is 152 Å². The maximum atomic E-state index is 8.12. The molecule has 0 aromatic heterocycles. The van der Waals surface area contributed by atoms with Crippen molar-refractivity contribution in [2.75, 3.05) is 25.6 Å². The van der Waals surface area contributed by atoms with E-state index in [-0.39, 0.29) is 6.10 Å². The highest BCUT2D eigenvalue weighted by atomic mass is 32.2. The lowest BCUT2D eigenvalue weighted by atomic mass is 10.1. The third-order valence-corrected chi connectivity index (χ3v) is 7.99. The van der Waals surface area contributed by atoms with E-state index in [9.17, 15) is 0 Å². The average Bonchev–Trinajstić information content (AvgIpc) is 2.94. The van der Waals surface area contributed by atoms with Crippen LogP contribution >= 0.6 is 32.1 Å². The van der Waals surface area contributed by atoms with Gasteiger partial charge in [-0.1, -0.05) is 153 Å². The second-order valence-corrected chi connectivity index (χ2v) is 13.0. The summed E-state index contributed by atoms with van der Waals surface area (Å²) < 4.78 is 4.43. The number of hydrogen-bond donors (Lipinski definition) is 4. The number of unbranched alkanes of at least 4 members (excludes halogenated alkanes) is 18. The van der Waals surface area contributed by atoms with Crippen molar-refractivity contribution in [3.8, 4) is 0 Å². The molecule has 0 rings (SSSR count). The summed E-state index contributed by atoms with van der Waals surface area (Å²) in [6.45, 7) is 9.83. The van der Waals surface area contributed by atoms with E-state index in [2.05, 4.69) is 28.4 Å². The minimum Gasteiger partial charge on any atom is -0.379 e. The van der Waals surface area contributed by atoms with Crippen LogP contribution in [0.1, 0.15) is 156 Å². The minimum absolute atomic E-state index is 0.0962. The quantitative estimate of drug-likeness (QED) is 0.0358. The number of aliphatic imine (C=N–C) groups is 2. The molecule has 0 unspecified atom stereocenters. The van der Waals surface area contributed by atoms with E-state index in [1.807, 2.05) is 12.5 Å². The first kappa shape index (κ1) is 45.4. The fourth-order valence-corrected chi connectivity index (χ4v) is 4.71. The Balaban J connectivity index is -0.000000574. The van der Waals surface area contributed by atoms with E-state index in [4.69, 9.17) is 21.3 Å². The summed E-state index contributed by atoms with van der Waals surface area (Å²) >= 11 is 3.07. The predicted molar refractivity (Wildman–Crippen MR) is 191 cm³/mol. The number of thioether (sulfide) groups is 2. The van der Waals surface area contributed by atoms with Gasteiger partial charge in [-0.15, -0.1) is 0 Å². The van der Waals surface area contributed by atoms with Gasteiger partial charge in [0.15, 0.2) is 10.3 Å². The van der Waals surface area contributed by atoms with E-state index < -0.39 is 8.60 Å². The molecule has 6 N–H and O–H groups in total. The third kappa shape index (κ3) is 49.9. The fourth-order valence-electron chi connectivity index (χ4n) is 3.89. The monoisotopic (exact) mass is 640 g/mol. The summed E-state index contributed by atoms with van der Waals surface area (Å²) in [6.07, 6.45) is 31.3. The molecule has 7 nitrogen and oxygen atoms in total. The molecule has 0 aliphatic carbocycles. The lowest BCUT2D eigenvalue weighted by Gasteiger charge is -2.04. The Morgan fingerprint density at radius 1 is 0.585 bits per heavy atom. The van der Waals surface area contributed by atoms with Gasteiger partial charge in [-0.25, -0.2) is 0 Å². The normalized spacial score (nSPS) is 11.9. The standard InChI is InChI=1S/2C14H30N2S.C3H9O3P/c2*1-3-4-5-6-7-8-9-10-11-12-13-16-14(15)17-2;1-3(2)6-7(4)5/h2*3-13H2,1-2H3,(H2,15,16);3-5H,1-2H3. The highest BCUT2D eigenvalue weighted by Crippen LogP contribution is 2.26. The van der Waals surface area contributed by atoms with Gasteiger partial charge in [0.1, 0.15) is 0 Å². The van der Waals surface area contributed by atoms with E-state index in [1.54, 1.807) is 13.8 Å². The number of nitrogens with zero attached hydrogens (tertiary/aromatic N) is 2. The molecule has 0 aliphatic heterocycles. The van der Waals surface area contributed by atoms with Crippen molar-refractivity contribution in [2.45, 2.75) is 162 Å². The van der Waals surface area contributed by atoms with Crippen LogP contribution in [0, 0.1) is 0 Å². The van der Waals surface area contributed by atoms with Crippen molar-refractivity contribution in [3.63, 3.8) is 0 Å². The van der Waals surface area contributed by atoms with Gasteiger partial charge in [0.2, 0.25) is 0 Å². The van der Waals surface area contributed by atoms with E-state index >= 15 is 0 Å². The number of hydrogen-bond acceptors (Lipinski definition) is 7. The van der Waals surface area contributed by atoms with Crippen LogP contribution in [0.2, 0.25) is 0 Å². The molecule has 0 radical (unpaired) electrons. The summed E-state index contributed by atoms with van der Waals surface area (Å²) in [6, 6.07) is 0. The average molecular weight is 641 g/mol. The second kappa shape index (κ2) is 40.0. The zero-order valence-electron chi connectivity index (χ0n) is 27.7. The molecule has 0 spiro atoms. The molecular formula is C31H69N4O3PS2. The number of nitrogens with two attached hydrogens (primary N) is 2. The summed E-state index contributed by atoms with van der Waals surface area (Å²) in [4.78, 5) is 24.8. The van der Waals surface area contributed by atoms with E-state index in [0.717, 1.165) is 23.4 Å². The van der Waals surface area contributed by atoms with Gasteiger partial charge >= 0.3 is 8.60 Å². The van der Waals surface area contributed by atoms with E-state index in [0.29, 0.717) is 0 Å². The van der Waals surface area contributed by atoms with Crippen LogP contribution in [-0.2, 0) is 4.52 Å². The van der Waals surface area contributed by atoms with Crippen molar-refractivity contribution in [1.82, 2.24) is 0 Å². The molecular weight excluding hydrogens is 571 g/mol. The molecule has 0 aromatic carbocycles. The largest absolute Gasteiger partial charge is 0.379 e. The van der Waals surface area contributed by atoms with Gasteiger partial charge in [0.25, 0.3) is 0 Å². The minimum atomic E-state index is -2.14. The molecule has 41 heavy (non-hydrogen) atoms. The highest BCUT2D eigenvalue weighted by Gasteiger charge is 2.00. The number of rotatable bonds is 24. The van der Waals surface area contributed by atoms with Crippen molar-refractivity contribution < 1.29 is 14.3 Å². The lowest BCUT2D eigenvalue weighted by Crippen LogP contribution is -2.06. The van der Waals surface area contributed by atoms with Crippen LogP contribution in [0.5, 0.6) is 0 Å². The summed E-state index contributed by atoms with van der Waals surface area (Å²) in [5, 5.41) is 1.45. The van der Waals surface area contributed by atoms with Gasteiger partial charge in [0.05, 0.1) is 6.10 Å². The first-order valence-electron chi connectivity index (χ1n) is 16.3. The van der Waals surface area contributed by atoms with Crippen molar-refractivity contribution in [3.05, 3.63) is 0 Å². The topological polar surface area (TPSA) is 126 Å². The molecule has 10 heteroatoms. The summed E-state index contributed by atoms with van der Waals surface area (Å²) in [7, 11) is -2.14. The van der Waals surface area contributed by atoms with Gasteiger partial charge < -0.3 is 25.8 Å². The third-order valence-electron chi connectivity index (χ3n) is 6.28. The molecule has 0 aromatic rings. The Bertz CT molecular complexity index is 511. The second-order valence-electron chi connectivity index (χ2n) is 10.6. The molecule has 0 saturated carbocycles. The van der Waals surface area contributed by atoms with Gasteiger partial charge in [-0.3, -0.25) is 9.98 Å². The fraction of sp³-hybridized carbons (Fsp3) is 0.935. The Morgan fingerprint density at radius 2 is 0.854 bits per heavy atom. The summed E-state index contributed by atoms with van der Waals surface area (Å²) in [5.74, 6) is 0. The SMILES string of the molecule is CC(C)OP(O)O.CCCCCCCCCCCCN=C(N)SC.CCCCCCCCCCCCN=C(N)SC. The van der Waals surface area contributed by atoms with Gasteiger partial charge in [-0.05, 0) is 39.2 Å². The van der Waals surface area contributed by atoms with Crippen LogP contribution < -0.4 is 11.5 Å². The molecule has 0 saturated heterocycles. The predicted octanol–water partition coefficient (Wildman–Crippen LogP) is 9.79. The Morgan fingerprint density at radius 3 is 1.05 bits per heavy atom. The van der Waals surface area contributed by atoms with Crippen LogP contribution in [-0.4, -0.2) is 51.8 Å². The maximum absolute atomic E-state index is 8.12. The zero-order chi connectivity index (χ0) is 31.4. The van der Waals surface area contributed by atoms with Gasteiger partial charge in [-0.2, -0.15) is 0 Å². The molecule has 0 amide bonds.